The molecule has 2 fully saturated rings. The number of carbonyl (C=O) groups excluding carboxylic acids is 2. The zero-order valence-electron chi connectivity index (χ0n) is 15.2. The van der Waals surface area contributed by atoms with Crippen LogP contribution >= 0.6 is 0 Å². The molecule has 1 aromatic carbocycles. The minimum Gasteiger partial charge on any atom is -0.497 e. The van der Waals surface area contributed by atoms with E-state index in [-0.39, 0.29) is 23.8 Å². The molecule has 2 amide bonds. The van der Waals surface area contributed by atoms with Crippen LogP contribution in [-0.4, -0.2) is 56.6 Å². The van der Waals surface area contributed by atoms with Crippen molar-refractivity contribution in [2.45, 2.75) is 25.3 Å². The van der Waals surface area contributed by atoms with E-state index in [9.17, 15) is 9.59 Å². The predicted molar refractivity (Wildman–Crippen MR) is 97.0 cm³/mol. The highest BCUT2D eigenvalue weighted by molar-refractivity contribution is 5.94. The smallest absolute Gasteiger partial charge is 0.235 e. The summed E-state index contributed by atoms with van der Waals surface area (Å²) in [6.07, 6.45) is 2.25. The van der Waals surface area contributed by atoms with Crippen LogP contribution in [0.15, 0.2) is 18.2 Å². The van der Waals surface area contributed by atoms with Gasteiger partial charge in [-0.1, -0.05) is 0 Å². The lowest BCUT2D eigenvalue weighted by Gasteiger charge is -2.39. The lowest BCUT2D eigenvalue weighted by atomic mass is 9.94. The Morgan fingerprint density at radius 3 is 2.88 bits per heavy atom. The molecule has 0 aromatic heterocycles. The Bertz CT molecular complexity index is 667. The van der Waals surface area contributed by atoms with Gasteiger partial charge < -0.3 is 14.8 Å². The summed E-state index contributed by atoms with van der Waals surface area (Å²) in [6, 6.07) is 5.45. The fraction of sp³-hybridized carbons (Fsp3) is 0.556. The van der Waals surface area contributed by atoms with E-state index in [2.05, 4.69) is 21.1 Å². The summed E-state index contributed by atoms with van der Waals surface area (Å²) in [7, 11) is 3.15. The van der Waals surface area contributed by atoms with Crippen molar-refractivity contribution in [1.82, 2.24) is 15.8 Å². The topological polar surface area (TPSA) is 91.9 Å². The van der Waals surface area contributed by atoms with E-state index in [1.807, 2.05) is 0 Å². The number of methoxy groups -OCH3 is 2. The van der Waals surface area contributed by atoms with Crippen LogP contribution in [0.3, 0.4) is 0 Å². The second-order valence-corrected chi connectivity index (χ2v) is 6.68. The molecular weight excluding hydrogens is 336 g/mol. The van der Waals surface area contributed by atoms with Gasteiger partial charge in [0.15, 0.2) is 0 Å². The molecule has 0 saturated carbocycles. The molecule has 2 atom stereocenters. The molecular formula is C18H26N4O4. The van der Waals surface area contributed by atoms with Gasteiger partial charge in [0.25, 0.3) is 0 Å². The van der Waals surface area contributed by atoms with Crippen LogP contribution in [0.5, 0.6) is 11.5 Å². The number of amides is 2. The highest BCUT2D eigenvalue weighted by Crippen LogP contribution is 2.30. The van der Waals surface area contributed by atoms with E-state index in [0.29, 0.717) is 36.7 Å². The fourth-order valence-electron chi connectivity index (χ4n) is 3.55. The number of anilines is 1. The lowest BCUT2D eigenvalue weighted by molar-refractivity contribution is -0.126. The molecule has 0 aliphatic carbocycles. The fourth-order valence-corrected chi connectivity index (χ4v) is 3.55. The summed E-state index contributed by atoms with van der Waals surface area (Å²) in [5.41, 5.74) is 6.18. The van der Waals surface area contributed by atoms with Gasteiger partial charge in [-0.25, -0.2) is 5.43 Å². The van der Waals surface area contributed by atoms with Crippen molar-refractivity contribution in [3.8, 4) is 11.5 Å². The summed E-state index contributed by atoms with van der Waals surface area (Å²) in [5.74, 6) is 1.10. The maximum Gasteiger partial charge on any atom is 0.235 e. The maximum atomic E-state index is 12.8. The van der Waals surface area contributed by atoms with Crippen LogP contribution in [0.4, 0.5) is 5.69 Å². The standard InChI is InChI=1S/C18H26N4O4/c1-25-14-5-6-15(16(9-14)26-2)20-18(24)12-4-3-7-22(11-12)13-8-17(23)21-19-10-13/h5-6,9,12-13,19H,3-4,7-8,10-11H2,1-2H3,(H,20,24)(H,21,23). The van der Waals surface area contributed by atoms with Gasteiger partial charge in [-0.3, -0.25) is 19.9 Å². The second-order valence-electron chi connectivity index (χ2n) is 6.68. The molecule has 142 valence electrons. The van der Waals surface area contributed by atoms with Gasteiger partial charge in [-0.2, -0.15) is 0 Å². The first-order valence-electron chi connectivity index (χ1n) is 8.89. The Balaban J connectivity index is 1.63. The predicted octanol–water partition coefficient (Wildman–Crippen LogP) is 0.747. The van der Waals surface area contributed by atoms with E-state index < -0.39 is 0 Å². The van der Waals surface area contributed by atoms with Crippen LogP contribution in [-0.2, 0) is 9.59 Å². The zero-order valence-corrected chi connectivity index (χ0v) is 15.2. The van der Waals surface area contributed by atoms with Gasteiger partial charge in [0.05, 0.1) is 25.8 Å². The summed E-state index contributed by atoms with van der Waals surface area (Å²) in [6.45, 7) is 2.27. The van der Waals surface area contributed by atoms with Gasteiger partial charge in [0.2, 0.25) is 11.8 Å². The molecule has 8 heteroatoms. The SMILES string of the molecule is COc1ccc(NC(=O)C2CCCN(C3CNNC(=O)C3)C2)c(OC)c1. The third-order valence-electron chi connectivity index (χ3n) is 4.99. The molecule has 2 heterocycles. The highest BCUT2D eigenvalue weighted by atomic mass is 16.5. The van der Waals surface area contributed by atoms with Crippen molar-refractivity contribution in [2.24, 2.45) is 5.92 Å². The quantitative estimate of drug-likeness (QED) is 0.716. The number of ether oxygens (including phenoxy) is 2. The molecule has 3 rings (SSSR count). The Kier molecular flexibility index (Phi) is 5.95. The monoisotopic (exact) mass is 362 g/mol. The van der Waals surface area contributed by atoms with Gasteiger partial charge in [-0.15, -0.1) is 0 Å². The van der Waals surface area contributed by atoms with E-state index in [1.165, 1.54) is 0 Å². The minimum absolute atomic E-state index is 0.00389. The molecule has 3 N–H and O–H groups in total. The lowest BCUT2D eigenvalue weighted by Crippen LogP contribution is -2.57. The normalized spacial score (nSPS) is 23.8. The summed E-state index contributed by atoms with van der Waals surface area (Å²) in [5, 5.41) is 2.97. The van der Waals surface area contributed by atoms with Gasteiger partial charge in [0, 0.05) is 31.6 Å². The molecule has 0 radical (unpaired) electrons. The van der Waals surface area contributed by atoms with Crippen LogP contribution in [0.25, 0.3) is 0 Å². The molecule has 26 heavy (non-hydrogen) atoms. The first kappa shape index (κ1) is 18.5. The molecule has 0 spiro atoms. The molecule has 2 saturated heterocycles. The van der Waals surface area contributed by atoms with E-state index >= 15 is 0 Å². The molecule has 2 aliphatic rings. The van der Waals surface area contributed by atoms with Crippen molar-refractivity contribution in [2.75, 3.05) is 39.2 Å². The van der Waals surface area contributed by atoms with Crippen LogP contribution in [0.1, 0.15) is 19.3 Å². The van der Waals surface area contributed by atoms with E-state index in [0.717, 1.165) is 19.4 Å². The summed E-state index contributed by atoms with van der Waals surface area (Å²) >= 11 is 0. The van der Waals surface area contributed by atoms with Crippen molar-refractivity contribution < 1.29 is 19.1 Å². The Hall–Kier alpha value is -2.32. The number of hydrogen-bond donors (Lipinski definition) is 3. The first-order chi connectivity index (χ1) is 12.6. The number of nitrogens with one attached hydrogen (secondary N) is 3. The Morgan fingerprint density at radius 2 is 2.15 bits per heavy atom. The number of likely N-dealkylation sites (tertiary alicyclic amines) is 1. The Labute approximate surface area is 153 Å². The largest absolute Gasteiger partial charge is 0.497 e. The van der Waals surface area contributed by atoms with Gasteiger partial charge in [0.1, 0.15) is 11.5 Å². The molecule has 2 unspecified atom stereocenters. The average molecular weight is 362 g/mol. The van der Waals surface area contributed by atoms with Crippen molar-refractivity contribution >= 4 is 17.5 Å². The molecule has 1 aromatic rings. The van der Waals surface area contributed by atoms with Crippen molar-refractivity contribution in [3.63, 3.8) is 0 Å². The highest BCUT2D eigenvalue weighted by Gasteiger charge is 2.32. The van der Waals surface area contributed by atoms with Crippen LogP contribution in [0, 0.1) is 5.92 Å². The third kappa shape index (κ3) is 4.25. The number of hydrogen-bond acceptors (Lipinski definition) is 6. The molecule has 8 nitrogen and oxygen atoms in total. The number of rotatable bonds is 5. The third-order valence-corrected chi connectivity index (χ3v) is 4.99. The van der Waals surface area contributed by atoms with Crippen molar-refractivity contribution in [3.05, 3.63) is 18.2 Å². The maximum absolute atomic E-state index is 12.8. The van der Waals surface area contributed by atoms with Gasteiger partial charge in [-0.05, 0) is 31.5 Å². The zero-order chi connectivity index (χ0) is 18.5. The van der Waals surface area contributed by atoms with E-state index in [4.69, 9.17) is 9.47 Å². The van der Waals surface area contributed by atoms with Crippen LogP contribution in [0.2, 0.25) is 0 Å². The van der Waals surface area contributed by atoms with Crippen molar-refractivity contribution in [1.29, 1.82) is 0 Å². The van der Waals surface area contributed by atoms with E-state index in [1.54, 1.807) is 32.4 Å². The number of nitrogens with zero attached hydrogens (tertiary/aromatic N) is 1. The number of carbonyl (C=O) groups is 2. The second kappa shape index (κ2) is 8.37. The van der Waals surface area contributed by atoms with Gasteiger partial charge >= 0.3 is 0 Å². The first-order valence-corrected chi connectivity index (χ1v) is 8.89. The number of benzene rings is 1. The Morgan fingerprint density at radius 1 is 1.31 bits per heavy atom. The number of hydrazine groups is 1. The summed E-state index contributed by atoms with van der Waals surface area (Å²) in [4.78, 5) is 26.6. The minimum atomic E-state index is -0.111. The average Bonchev–Trinajstić information content (AvgIpc) is 2.68. The number of piperidine rings is 1. The summed E-state index contributed by atoms with van der Waals surface area (Å²) < 4.78 is 10.5. The molecule has 2 aliphatic heterocycles. The molecule has 0 bridgehead atoms. The van der Waals surface area contributed by atoms with Crippen LogP contribution < -0.4 is 25.6 Å².